The molecule has 0 bridgehead atoms. The molecule has 0 heterocycles. The molecule has 0 aliphatic heterocycles. The van der Waals surface area contributed by atoms with Gasteiger partial charge in [0.05, 0.1) is 7.11 Å². The lowest BCUT2D eigenvalue weighted by molar-refractivity contribution is 0.107. The molecule has 1 aromatic rings. The molecule has 0 aliphatic carbocycles. The third kappa shape index (κ3) is 2.53. The van der Waals surface area contributed by atoms with E-state index in [1.807, 2.05) is 0 Å². The fourth-order valence-corrected chi connectivity index (χ4v) is 1.86. The van der Waals surface area contributed by atoms with Gasteiger partial charge in [-0.05, 0) is 51.5 Å². The molecule has 0 aromatic heterocycles. The van der Waals surface area contributed by atoms with Gasteiger partial charge >= 0.3 is 0 Å². The van der Waals surface area contributed by atoms with E-state index in [0.29, 0.717) is 16.2 Å². The lowest BCUT2D eigenvalue weighted by Crippen LogP contribution is -1.92. The second-order valence-corrected chi connectivity index (χ2v) is 3.61. The summed E-state index contributed by atoms with van der Waals surface area (Å²) in [7, 11) is 8.04. The number of hydrogen-bond acceptors (Lipinski definition) is 3. The number of hydrogen-bond donors (Lipinski definition) is 0. The minimum atomic E-state index is -0.522. The lowest BCUT2D eigenvalue weighted by Gasteiger charge is -2.04. The summed E-state index contributed by atoms with van der Waals surface area (Å²) in [6.07, 6.45) is 0. The van der Waals surface area contributed by atoms with Crippen molar-refractivity contribution < 1.29 is 9.53 Å². The number of carbonyl (C=O) groups is 1. The molecule has 0 saturated carbocycles. The monoisotopic (exact) mass is 236 g/mol. The number of halogens is 2. The zero-order valence-electron chi connectivity index (χ0n) is 6.71. The summed E-state index contributed by atoms with van der Waals surface area (Å²) in [4.78, 5) is 11.5. The lowest BCUT2D eigenvalue weighted by atomic mass is 10.2. The average molecular weight is 237 g/mol. The van der Waals surface area contributed by atoms with E-state index in [1.54, 1.807) is 25.3 Å². The Labute approximate surface area is 89.7 Å². The van der Waals surface area contributed by atoms with E-state index in [9.17, 15) is 4.79 Å². The molecule has 0 saturated heterocycles. The molecule has 0 N–H and O–H groups in total. The van der Waals surface area contributed by atoms with Crippen LogP contribution in [-0.2, 0) is 0 Å². The van der Waals surface area contributed by atoms with Gasteiger partial charge in [-0.15, -0.1) is 0 Å². The Balaban J connectivity index is 3.15. The Morgan fingerprint density at radius 3 is 2.69 bits per heavy atom. The van der Waals surface area contributed by atoms with Gasteiger partial charge in [-0.1, -0.05) is 0 Å². The third-order valence-corrected chi connectivity index (χ3v) is 2.69. The smallest absolute Gasteiger partial charge is 0.253 e. The van der Waals surface area contributed by atoms with Crippen LogP contribution in [0.1, 0.15) is 10.4 Å². The second-order valence-electron chi connectivity index (χ2n) is 2.21. The van der Waals surface area contributed by atoms with Crippen LogP contribution in [0.25, 0.3) is 0 Å². The number of carbonyl (C=O) groups excluding carboxylic acids is 1. The van der Waals surface area contributed by atoms with E-state index >= 15 is 0 Å². The highest BCUT2D eigenvalue weighted by Gasteiger charge is 2.09. The zero-order chi connectivity index (χ0) is 9.84. The van der Waals surface area contributed by atoms with Gasteiger partial charge in [0.1, 0.15) is 5.75 Å². The molecule has 5 heteroatoms. The van der Waals surface area contributed by atoms with Gasteiger partial charge in [0.15, 0.2) is 0 Å². The molecule has 0 amide bonds. The van der Waals surface area contributed by atoms with Crippen molar-refractivity contribution in [1.82, 2.24) is 0 Å². The molecule has 70 valence electrons. The predicted octanol–water partition coefficient (Wildman–Crippen LogP) is 3.32. The first kappa shape index (κ1) is 10.7. The second kappa shape index (κ2) is 4.74. The average Bonchev–Trinajstić information content (AvgIpc) is 2.16. The molecule has 1 aromatic carbocycles. The van der Waals surface area contributed by atoms with Crippen LogP contribution in [0.3, 0.4) is 0 Å². The molecule has 1 rings (SSSR count). The summed E-state index contributed by atoms with van der Waals surface area (Å²) < 4.78 is 4.97. The number of benzene rings is 1. The minimum absolute atomic E-state index is 0.391. The van der Waals surface area contributed by atoms with E-state index in [2.05, 4.69) is 0 Å². The van der Waals surface area contributed by atoms with Crippen LogP contribution in [-0.4, -0.2) is 12.4 Å². The van der Waals surface area contributed by atoms with Crippen molar-refractivity contribution in [3.63, 3.8) is 0 Å². The molecule has 0 unspecified atom stereocenters. The van der Waals surface area contributed by atoms with E-state index in [-0.39, 0.29) is 0 Å². The Morgan fingerprint density at radius 2 is 2.23 bits per heavy atom. The molecule has 0 spiro atoms. The van der Waals surface area contributed by atoms with Crippen molar-refractivity contribution in [2.75, 3.05) is 7.11 Å². The first-order valence-electron chi connectivity index (χ1n) is 3.35. The van der Waals surface area contributed by atoms with Crippen LogP contribution in [0.15, 0.2) is 23.1 Å². The molecule has 0 fully saturated rings. The molecule has 0 aliphatic rings. The Bertz CT molecular complexity index is 328. The Kier molecular flexibility index (Phi) is 3.90. The first-order chi connectivity index (χ1) is 6.19. The van der Waals surface area contributed by atoms with Gasteiger partial charge in [-0.2, -0.15) is 0 Å². The number of rotatable bonds is 3. The molecular formula is C8H6Cl2O2S. The van der Waals surface area contributed by atoms with Crippen molar-refractivity contribution in [3.8, 4) is 5.75 Å². The highest BCUT2D eigenvalue weighted by Crippen LogP contribution is 2.30. The summed E-state index contributed by atoms with van der Waals surface area (Å²) in [5, 5.41) is -0.522. The summed E-state index contributed by atoms with van der Waals surface area (Å²) in [6, 6.07) is 4.90. The SMILES string of the molecule is COc1ccc(C(=O)Cl)c(SCl)c1. The summed E-state index contributed by atoms with van der Waals surface area (Å²) in [5.74, 6) is 0.643. The number of ether oxygens (including phenoxy) is 1. The summed E-state index contributed by atoms with van der Waals surface area (Å²) in [6.45, 7) is 0. The van der Waals surface area contributed by atoms with Gasteiger partial charge in [0.25, 0.3) is 5.24 Å². The summed E-state index contributed by atoms with van der Waals surface area (Å²) in [5.41, 5.74) is 0.391. The largest absolute Gasteiger partial charge is 0.497 e. The molecule has 13 heavy (non-hydrogen) atoms. The van der Waals surface area contributed by atoms with E-state index in [4.69, 9.17) is 27.0 Å². The van der Waals surface area contributed by atoms with Gasteiger partial charge in [-0.3, -0.25) is 4.79 Å². The van der Waals surface area contributed by atoms with Crippen LogP contribution in [0.4, 0.5) is 0 Å². The van der Waals surface area contributed by atoms with E-state index in [0.717, 1.165) is 11.0 Å². The topological polar surface area (TPSA) is 26.3 Å². The number of methoxy groups -OCH3 is 1. The first-order valence-corrected chi connectivity index (χ1v) is 5.37. The third-order valence-electron chi connectivity index (χ3n) is 1.48. The van der Waals surface area contributed by atoms with Crippen molar-refractivity contribution in [2.24, 2.45) is 0 Å². The van der Waals surface area contributed by atoms with Crippen LogP contribution in [0.5, 0.6) is 5.75 Å². The van der Waals surface area contributed by atoms with Crippen LogP contribution < -0.4 is 4.74 Å². The minimum Gasteiger partial charge on any atom is -0.497 e. The van der Waals surface area contributed by atoms with Crippen molar-refractivity contribution in [2.45, 2.75) is 4.90 Å². The van der Waals surface area contributed by atoms with Crippen molar-refractivity contribution >= 4 is 38.5 Å². The van der Waals surface area contributed by atoms with Crippen molar-refractivity contribution in [3.05, 3.63) is 23.8 Å². The van der Waals surface area contributed by atoms with Gasteiger partial charge in [-0.25, -0.2) is 0 Å². The highest BCUT2D eigenvalue weighted by atomic mass is 35.7. The van der Waals surface area contributed by atoms with E-state index < -0.39 is 5.24 Å². The highest BCUT2D eigenvalue weighted by molar-refractivity contribution is 8.21. The Morgan fingerprint density at radius 1 is 1.54 bits per heavy atom. The standard InChI is InChI=1S/C8H6Cl2O2S/c1-12-5-2-3-6(8(9)11)7(4-5)13-10/h2-4H,1H3. The Hall–Kier alpha value is -0.380. The maximum atomic E-state index is 10.9. The molecule has 0 radical (unpaired) electrons. The summed E-state index contributed by atoms with van der Waals surface area (Å²) >= 11 is 5.33. The zero-order valence-corrected chi connectivity index (χ0v) is 9.04. The van der Waals surface area contributed by atoms with Gasteiger partial charge in [0, 0.05) is 10.5 Å². The fourth-order valence-electron chi connectivity index (χ4n) is 0.856. The molecular weight excluding hydrogens is 231 g/mol. The van der Waals surface area contributed by atoms with Gasteiger partial charge in [0.2, 0.25) is 0 Å². The van der Waals surface area contributed by atoms with Gasteiger partial charge < -0.3 is 4.74 Å². The van der Waals surface area contributed by atoms with Crippen molar-refractivity contribution in [1.29, 1.82) is 0 Å². The normalized spacial score (nSPS) is 9.77. The fraction of sp³-hybridized carbons (Fsp3) is 0.125. The van der Waals surface area contributed by atoms with Crippen LogP contribution in [0, 0.1) is 0 Å². The van der Waals surface area contributed by atoms with E-state index in [1.165, 1.54) is 0 Å². The van der Waals surface area contributed by atoms with Crippen LogP contribution in [0.2, 0.25) is 0 Å². The quantitative estimate of drug-likeness (QED) is 0.754. The van der Waals surface area contributed by atoms with Crippen LogP contribution >= 0.6 is 33.3 Å². The molecule has 0 atom stereocenters. The maximum absolute atomic E-state index is 10.9. The predicted molar refractivity (Wildman–Crippen MR) is 54.9 cm³/mol. The maximum Gasteiger partial charge on any atom is 0.253 e. The molecule has 2 nitrogen and oxygen atoms in total.